The van der Waals surface area contributed by atoms with E-state index in [2.05, 4.69) is 0 Å². The molecule has 0 fully saturated rings. The number of imide groups is 1. The molecule has 3 N–H and O–H groups in total. The number of hydrogen-bond acceptors (Lipinski definition) is 5. The fourth-order valence-electron chi connectivity index (χ4n) is 0.804. The van der Waals surface area contributed by atoms with Crippen molar-refractivity contribution in [2.24, 2.45) is 0 Å². The van der Waals surface area contributed by atoms with Gasteiger partial charge in [0.25, 0.3) is 5.91 Å². The zero-order chi connectivity index (χ0) is 11.5. The van der Waals surface area contributed by atoms with Gasteiger partial charge in [0.1, 0.15) is 5.60 Å². The molecule has 7 heteroatoms. The van der Waals surface area contributed by atoms with Crippen LogP contribution in [0.15, 0.2) is 0 Å². The Kier molecular flexibility index (Phi) is 3.99. The first kappa shape index (κ1) is 12.8. The van der Waals surface area contributed by atoms with E-state index >= 15 is 0 Å². The Morgan fingerprint density at radius 2 is 1.71 bits per heavy atom. The van der Waals surface area contributed by atoms with Crippen molar-refractivity contribution in [1.82, 2.24) is 10.1 Å². The summed E-state index contributed by atoms with van der Waals surface area (Å²) in [6.45, 7) is 3.79. The number of hydroxylamine groups is 2. The van der Waals surface area contributed by atoms with Crippen molar-refractivity contribution in [2.75, 3.05) is 6.54 Å². The molecule has 0 heterocycles. The van der Waals surface area contributed by atoms with Crippen LogP contribution < -0.4 is 0 Å². The molecule has 0 bridgehead atoms. The van der Waals surface area contributed by atoms with Crippen LogP contribution >= 0.6 is 0 Å². The molecule has 0 aromatic carbocycles. The van der Waals surface area contributed by atoms with Crippen molar-refractivity contribution in [3.8, 4) is 0 Å². The van der Waals surface area contributed by atoms with Crippen LogP contribution in [-0.2, 0) is 4.79 Å². The van der Waals surface area contributed by atoms with E-state index in [-0.39, 0.29) is 6.54 Å². The van der Waals surface area contributed by atoms with Crippen LogP contribution in [0.2, 0.25) is 0 Å². The molecule has 0 spiro atoms. The van der Waals surface area contributed by atoms with Gasteiger partial charge in [-0.2, -0.15) is 0 Å². The summed E-state index contributed by atoms with van der Waals surface area (Å²) in [7, 11) is 0. The molecular formula is C7H14N2O5. The molecule has 82 valence electrons. The van der Waals surface area contributed by atoms with Crippen molar-refractivity contribution < 1.29 is 25.1 Å². The smallest absolute Gasteiger partial charge is 0.375 e. The maximum atomic E-state index is 11.3. The Morgan fingerprint density at radius 3 is 1.93 bits per heavy atom. The predicted octanol–water partition coefficient (Wildman–Crippen LogP) is -0.194. The van der Waals surface area contributed by atoms with Gasteiger partial charge in [-0.15, -0.1) is 0 Å². The maximum Gasteiger partial charge on any atom is 0.375 e. The topological polar surface area (TPSA) is 101 Å². The number of urea groups is 1. The minimum atomic E-state index is -1.73. The number of rotatable bonds is 2. The van der Waals surface area contributed by atoms with Crippen LogP contribution in [0.3, 0.4) is 0 Å². The number of amides is 3. The van der Waals surface area contributed by atoms with Crippen LogP contribution in [0.4, 0.5) is 4.79 Å². The third-order valence-electron chi connectivity index (χ3n) is 1.49. The SMILES string of the molecule is CCN(C(=O)N(O)O)C(=O)C(C)(C)O. The second-order valence-corrected chi connectivity index (χ2v) is 3.18. The minimum Gasteiger partial charge on any atom is -0.381 e. The summed E-state index contributed by atoms with van der Waals surface area (Å²) in [6, 6.07) is -1.31. The number of carbonyl (C=O) groups excluding carboxylic acids is 2. The lowest BCUT2D eigenvalue weighted by Gasteiger charge is -2.26. The summed E-state index contributed by atoms with van der Waals surface area (Å²) < 4.78 is 0. The Morgan fingerprint density at radius 1 is 1.29 bits per heavy atom. The molecule has 0 radical (unpaired) electrons. The number of carbonyl (C=O) groups is 2. The van der Waals surface area contributed by atoms with E-state index < -0.39 is 22.8 Å². The highest BCUT2D eigenvalue weighted by atomic mass is 16.8. The van der Waals surface area contributed by atoms with Crippen LogP contribution in [0.5, 0.6) is 0 Å². The van der Waals surface area contributed by atoms with Crippen molar-refractivity contribution in [3.05, 3.63) is 0 Å². The lowest BCUT2D eigenvalue weighted by atomic mass is 10.1. The third-order valence-corrected chi connectivity index (χ3v) is 1.49. The quantitative estimate of drug-likeness (QED) is 0.429. The van der Waals surface area contributed by atoms with Gasteiger partial charge >= 0.3 is 6.03 Å². The third kappa shape index (κ3) is 2.95. The van der Waals surface area contributed by atoms with Crippen molar-refractivity contribution in [3.63, 3.8) is 0 Å². The summed E-state index contributed by atoms with van der Waals surface area (Å²) in [5.74, 6) is -0.905. The first-order valence-electron chi connectivity index (χ1n) is 3.98. The van der Waals surface area contributed by atoms with E-state index in [1.807, 2.05) is 0 Å². The zero-order valence-electron chi connectivity index (χ0n) is 8.26. The van der Waals surface area contributed by atoms with Gasteiger partial charge in [-0.3, -0.25) is 20.1 Å². The van der Waals surface area contributed by atoms with Gasteiger partial charge < -0.3 is 5.11 Å². The Bertz CT molecular complexity index is 233. The fraction of sp³-hybridized carbons (Fsp3) is 0.714. The van der Waals surface area contributed by atoms with Crippen molar-refractivity contribution in [1.29, 1.82) is 0 Å². The van der Waals surface area contributed by atoms with Crippen LogP contribution in [-0.4, -0.2) is 49.7 Å². The Labute approximate surface area is 81.1 Å². The van der Waals surface area contributed by atoms with E-state index in [1.165, 1.54) is 20.8 Å². The first-order valence-corrected chi connectivity index (χ1v) is 3.98. The normalized spacial score (nSPS) is 11.0. The summed E-state index contributed by atoms with van der Waals surface area (Å²) in [6.07, 6.45) is 0. The van der Waals surface area contributed by atoms with Gasteiger partial charge in [-0.1, -0.05) is 5.23 Å². The van der Waals surface area contributed by atoms with Gasteiger partial charge in [0, 0.05) is 6.54 Å². The molecule has 0 atom stereocenters. The second kappa shape index (κ2) is 4.36. The van der Waals surface area contributed by atoms with Gasteiger partial charge in [0.05, 0.1) is 0 Å². The summed E-state index contributed by atoms with van der Waals surface area (Å²) >= 11 is 0. The monoisotopic (exact) mass is 206 g/mol. The minimum absolute atomic E-state index is 0.0702. The standard InChI is InChI=1S/C7H14N2O5/c1-4-8(6(11)9(13)14)5(10)7(2,3)12/h12-14H,4H2,1-3H3. The summed E-state index contributed by atoms with van der Waals surface area (Å²) in [5.41, 5.74) is -1.73. The van der Waals surface area contributed by atoms with Crippen molar-refractivity contribution in [2.45, 2.75) is 26.4 Å². The molecule has 0 aliphatic heterocycles. The molecular weight excluding hydrogens is 192 g/mol. The average Bonchev–Trinajstić information content (AvgIpc) is 2.03. The van der Waals surface area contributed by atoms with Gasteiger partial charge in [0.15, 0.2) is 0 Å². The van der Waals surface area contributed by atoms with Crippen LogP contribution in [0, 0.1) is 0 Å². The highest BCUT2D eigenvalue weighted by molar-refractivity contribution is 5.97. The highest BCUT2D eigenvalue weighted by Crippen LogP contribution is 2.08. The first-order chi connectivity index (χ1) is 6.21. The molecule has 7 nitrogen and oxygen atoms in total. The lowest BCUT2D eigenvalue weighted by molar-refractivity contribution is -0.264. The molecule has 0 aliphatic carbocycles. The number of likely N-dealkylation sites (N-methyl/N-ethyl adjacent to an activating group) is 1. The molecule has 14 heavy (non-hydrogen) atoms. The van der Waals surface area contributed by atoms with E-state index in [0.29, 0.717) is 4.90 Å². The number of nitrogens with zero attached hydrogens (tertiary/aromatic N) is 2. The molecule has 0 saturated heterocycles. The Balaban J connectivity index is 4.75. The number of aliphatic hydroxyl groups is 1. The molecule has 0 aromatic heterocycles. The van der Waals surface area contributed by atoms with E-state index in [9.17, 15) is 14.7 Å². The van der Waals surface area contributed by atoms with Gasteiger partial charge in [0.2, 0.25) is 0 Å². The van der Waals surface area contributed by atoms with E-state index in [0.717, 1.165) is 0 Å². The number of hydrogen-bond donors (Lipinski definition) is 3. The molecule has 0 aliphatic rings. The summed E-state index contributed by atoms with van der Waals surface area (Å²) in [4.78, 5) is 22.8. The molecule has 0 rings (SSSR count). The molecule has 0 unspecified atom stereocenters. The van der Waals surface area contributed by atoms with E-state index in [4.69, 9.17) is 10.4 Å². The van der Waals surface area contributed by atoms with Crippen LogP contribution in [0.1, 0.15) is 20.8 Å². The van der Waals surface area contributed by atoms with Gasteiger partial charge in [-0.05, 0) is 20.8 Å². The second-order valence-electron chi connectivity index (χ2n) is 3.18. The van der Waals surface area contributed by atoms with Crippen LogP contribution in [0.25, 0.3) is 0 Å². The average molecular weight is 206 g/mol. The zero-order valence-corrected chi connectivity index (χ0v) is 8.26. The van der Waals surface area contributed by atoms with Crippen molar-refractivity contribution >= 4 is 11.9 Å². The lowest BCUT2D eigenvalue weighted by Crippen LogP contribution is -2.51. The summed E-state index contributed by atoms with van der Waals surface area (Å²) in [5, 5.41) is 25.4. The predicted molar refractivity (Wildman–Crippen MR) is 44.5 cm³/mol. The maximum absolute atomic E-state index is 11.3. The largest absolute Gasteiger partial charge is 0.381 e. The molecule has 0 aromatic rings. The fourth-order valence-corrected chi connectivity index (χ4v) is 0.804. The molecule has 0 saturated carbocycles. The van der Waals surface area contributed by atoms with E-state index in [1.54, 1.807) is 0 Å². The van der Waals surface area contributed by atoms with Gasteiger partial charge in [-0.25, -0.2) is 4.79 Å². The highest BCUT2D eigenvalue weighted by Gasteiger charge is 2.34. The molecule has 3 amide bonds. The Hall–Kier alpha value is -1.18.